The van der Waals surface area contributed by atoms with Gasteiger partial charge in [0.2, 0.25) is 0 Å². The second-order valence-electron chi connectivity index (χ2n) is 7.40. The molecular formula is C20H23F2N3O. The number of aromatic nitrogens is 1. The summed E-state index contributed by atoms with van der Waals surface area (Å²) < 4.78 is 28.4. The summed E-state index contributed by atoms with van der Waals surface area (Å²) in [5.74, 6) is -1.36. The molecule has 0 unspecified atom stereocenters. The summed E-state index contributed by atoms with van der Waals surface area (Å²) in [7, 11) is 1.77. The van der Waals surface area contributed by atoms with Crippen molar-refractivity contribution in [3.63, 3.8) is 0 Å². The van der Waals surface area contributed by atoms with Crippen LogP contribution in [0.2, 0.25) is 0 Å². The van der Waals surface area contributed by atoms with Crippen molar-refractivity contribution in [3.8, 4) is 11.3 Å². The monoisotopic (exact) mass is 359 g/mol. The number of hydrogen-bond donors (Lipinski definition) is 1. The second-order valence-corrected chi connectivity index (χ2v) is 7.40. The first-order valence-electron chi connectivity index (χ1n) is 9.12. The minimum atomic E-state index is -0.893. The van der Waals surface area contributed by atoms with E-state index in [-0.39, 0.29) is 11.9 Å². The Labute approximate surface area is 151 Å². The smallest absolute Gasteiger partial charge is 0.268 e. The summed E-state index contributed by atoms with van der Waals surface area (Å²) >= 11 is 0. The highest BCUT2D eigenvalue weighted by Gasteiger charge is 2.40. The molecule has 4 nitrogen and oxygen atoms in total. The largest absolute Gasteiger partial charge is 0.346 e. The quantitative estimate of drug-likeness (QED) is 0.914. The Kier molecular flexibility index (Phi) is 4.31. The van der Waals surface area contributed by atoms with Crippen molar-refractivity contribution in [2.75, 3.05) is 13.1 Å². The molecule has 2 atom stereocenters. The summed E-state index contributed by atoms with van der Waals surface area (Å²) in [5.41, 5.74) is 1.74. The van der Waals surface area contributed by atoms with Gasteiger partial charge in [-0.2, -0.15) is 0 Å². The van der Waals surface area contributed by atoms with Crippen LogP contribution in [0, 0.1) is 17.6 Å². The third-order valence-electron chi connectivity index (χ3n) is 6.05. The van der Waals surface area contributed by atoms with Gasteiger partial charge < -0.3 is 9.88 Å². The van der Waals surface area contributed by atoms with Crippen molar-refractivity contribution in [1.29, 1.82) is 0 Å². The molecule has 3 aliphatic rings. The number of rotatable bonds is 3. The van der Waals surface area contributed by atoms with Crippen molar-refractivity contribution in [2.45, 2.75) is 31.8 Å². The van der Waals surface area contributed by atoms with Crippen LogP contribution in [0.3, 0.4) is 0 Å². The lowest BCUT2D eigenvalue weighted by atomic mass is 9.79. The molecule has 3 fully saturated rings. The Bertz CT molecular complexity index is 838. The Balaban J connectivity index is 1.56. The van der Waals surface area contributed by atoms with E-state index in [0.717, 1.165) is 38.1 Å². The molecule has 1 amide bonds. The Hall–Kier alpha value is -2.21. The standard InChI is InChI=1S/C20H23F2N3O/c1-12-19(13-7-9-25(12)10-8-13)23-20(26)18-6-5-17(24(18)2)14-3-4-15(21)16(22)11-14/h3-6,11-13,19H,7-10H2,1-2H3,(H,23,26)/t12-,19-/m0/s1. The number of amides is 1. The molecule has 0 saturated carbocycles. The highest BCUT2D eigenvalue weighted by molar-refractivity contribution is 5.94. The van der Waals surface area contributed by atoms with Crippen LogP contribution >= 0.6 is 0 Å². The van der Waals surface area contributed by atoms with Crippen LogP contribution in [0.5, 0.6) is 0 Å². The highest BCUT2D eigenvalue weighted by atomic mass is 19.2. The van der Waals surface area contributed by atoms with Crippen molar-refractivity contribution < 1.29 is 13.6 Å². The Morgan fingerprint density at radius 1 is 1.12 bits per heavy atom. The molecule has 4 heterocycles. The zero-order chi connectivity index (χ0) is 18.4. The number of halogens is 2. The lowest BCUT2D eigenvalue weighted by Crippen LogP contribution is -2.62. The van der Waals surface area contributed by atoms with E-state index in [1.54, 1.807) is 23.7 Å². The molecule has 1 aromatic carbocycles. The number of hydrogen-bond acceptors (Lipinski definition) is 2. The first-order valence-corrected chi connectivity index (χ1v) is 9.12. The molecule has 3 saturated heterocycles. The molecule has 1 aromatic heterocycles. The topological polar surface area (TPSA) is 37.3 Å². The molecule has 0 radical (unpaired) electrons. The summed E-state index contributed by atoms with van der Waals surface area (Å²) in [4.78, 5) is 15.3. The molecule has 26 heavy (non-hydrogen) atoms. The Morgan fingerprint density at radius 3 is 2.50 bits per heavy atom. The Morgan fingerprint density at radius 2 is 1.85 bits per heavy atom. The predicted molar refractivity (Wildman–Crippen MR) is 95.8 cm³/mol. The second kappa shape index (κ2) is 6.50. The normalized spacial score (nSPS) is 27.5. The average molecular weight is 359 g/mol. The van der Waals surface area contributed by atoms with Crippen LogP contribution in [0.1, 0.15) is 30.3 Å². The van der Waals surface area contributed by atoms with Gasteiger partial charge in [0, 0.05) is 30.4 Å². The van der Waals surface area contributed by atoms with E-state index in [4.69, 9.17) is 0 Å². The lowest BCUT2D eigenvalue weighted by molar-refractivity contribution is 0.0215. The zero-order valence-corrected chi connectivity index (χ0v) is 15.0. The van der Waals surface area contributed by atoms with Gasteiger partial charge in [-0.3, -0.25) is 9.69 Å². The molecule has 0 spiro atoms. The van der Waals surface area contributed by atoms with Gasteiger partial charge in [0.1, 0.15) is 5.69 Å². The van der Waals surface area contributed by atoms with Gasteiger partial charge in [-0.05, 0) is 69.1 Å². The maximum absolute atomic E-state index is 13.5. The fourth-order valence-electron chi connectivity index (χ4n) is 4.46. The third-order valence-corrected chi connectivity index (χ3v) is 6.05. The van der Waals surface area contributed by atoms with Gasteiger partial charge in [-0.15, -0.1) is 0 Å². The number of carbonyl (C=O) groups excluding carboxylic acids is 1. The number of carbonyl (C=O) groups is 1. The SMILES string of the molecule is C[C@H]1[C@H](NC(=O)c2ccc(-c3ccc(F)c(F)c3)n2C)C2CCN1CC2. The van der Waals surface area contributed by atoms with E-state index >= 15 is 0 Å². The minimum Gasteiger partial charge on any atom is -0.346 e. The number of piperidine rings is 3. The molecule has 0 aliphatic carbocycles. The molecule has 2 bridgehead atoms. The molecule has 5 rings (SSSR count). The van der Waals surface area contributed by atoms with Crippen LogP contribution in [0.4, 0.5) is 8.78 Å². The molecule has 3 aliphatic heterocycles. The van der Waals surface area contributed by atoms with Gasteiger partial charge >= 0.3 is 0 Å². The summed E-state index contributed by atoms with van der Waals surface area (Å²) in [5, 5.41) is 3.21. The molecule has 2 aromatic rings. The third kappa shape index (κ3) is 2.82. The number of fused-ring (bicyclic) bond motifs is 3. The minimum absolute atomic E-state index is 0.119. The van der Waals surface area contributed by atoms with Crippen molar-refractivity contribution in [3.05, 3.63) is 47.7 Å². The summed E-state index contributed by atoms with van der Waals surface area (Å²) in [6, 6.07) is 7.78. The fourth-order valence-corrected chi connectivity index (χ4v) is 4.46. The van der Waals surface area contributed by atoms with Crippen LogP contribution in [-0.2, 0) is 7.05 Å². The van der Waals surface area contributed by atoms with Gasteiger partial charge in [-0.1, -0.05) is 0 Å². The average Bonchev–Trinajstić information content (AvgIpc) is 3.02. The number of nitrogens with one attached hydrogen (secondary N) is 1. The maximum Gasteiger partial charge on any atom is 0.268 e. The van der Waals surface area contributed by atoms with E-state index in [1.165, 1.54) is 6.07 Å². The van der Waals surface area contributed by atoms with Crippen LogP contribution in [0.25, 0.3) is 11.3 Å². The van der Waals surface area contributed by atoms with Gasteiger partial charge in [0.25, 0.3) is 5.91 Å². The lowest BCUT2D eigenvalue weighted by Gasteiger charge is -2.49. The van der Waals surface area contributed by atoms with Crippen LogP contribution in [0.15, 0.2) is 30.3 Å². The van der Waals surface area contributed by atoms with E-state index in [2.05, 4.69) is 17.1 Å². The van der Waals surface area contributed by atoms with E-state index in [1.807, 2.05) is 0 Å². The molecule has 6 heteroatoms. The molecular weight excluding hydrogens is 336 g/mol. The summed E-state index contributed by atoms with van der Waals surface area (Å²) in [6.07, 6.45) is 2.26. The van der Waals surface area contributed by atoms with Crippen LogP contribution < -0.4 is 5.32 Å². The number of nitrogens with zero attached hydrogens (tertiary/aromatic N) is 2. The molecule has 138 valence electrons. The van der Waals surface area contributed by atoms with Crippen molar-refractivity contribution >= 4 is 5.91 Å². The highest BCUT2D eigenvalue weighted by Crippen LogP contribution is 2.32. The first-order chi connectivity index (χ1) is 12.5. The van der Waals surface area contributed by atoms with E-state index in [0.29, 0.717) is 28.9 Å². The van der Waals surface area contributed by atoms with Crippen molar-refractivity contribution in [1.82, 2.24) is 14.8 Å². The maximum atomic E-state index is 13.5. The first kappa shape index (κ1) is 17.2. The fraction of sp³-hybridized carbons (Fsp3) is 0.450. The zero-order valence-electron chi connectivity index (χ0n) is 15.0. The van der Waals surface area contributed by atoms with E-state index in [9.17, 15) is 13.6 Å². The van der Waals surface area contributed by atoms with Gasteiger partial charge in [0.15, 0.2) is 11.6 Å². The van der Waals surface area contributed by atoms with Gasteiger partial charge in [-0.25, -0.2) is 8.78 Å². The number of benzene rings is 1. The van der Waals surface area contributed by atoms with E-state index < -0.39 is 11.6 Å². The predicted octanol–water partition coefficient (Wildman–Crippen LogP) is 3.18. The van der Waals surface area contributed by atoms with Gasteiger partial charge in [0.05, 0.1) is 0 Å². The molecule has 1 N–H and O–H groups in total. The summed E-state index contributed by atoms with van der Waals surface area (Å²) in [6.45, 7) is 4.40. The van der Waals surface area contributed by atoms with Crippen molar-refractivity contribution in [2.24, 2.45) is 13.0 Å². The van der Waals surface area contributed by atoms with Crippen LogP contribution in [-0.4, -0.2) is 40.5 Å².